The maximum atomic E-state index is 13.5. The van der Waals surface area contributed by atoms with Crippen LogP contribution in [-0.4, -0.2) is 51.9 Å². The van der Waals surface area contributed by atoms with E-state index >= 15 is 0 Å². The maximum absolute atomic E-state index is 13.5. The van der Waals surface area contributed by atoms with Crippen molar-refractivity contribution < 1.29 is 175 Å². The number of azo groups is 2. The number of nitrogens with two attached hydrogens (primary N) is 1. The van der Waals surface area contributed by atoms with Crippen LogP contribution < -0.4 is 129 Å². The maximum Gasteiger partial charge on any atom is 1.00 e. The van der Waals surface area contributed by atoms with Crippen molar-refractivity contribution in [3.05, 3.63) is 60.7 Å². The Balaban J connectivity index is 0.00000552. The molecule has 0 aromatic heterocycles. The Morgan fingerprint density at radius 1 is 0.604 bits per heavy atom. The fourth-order valence-corrected chi connectivity index (χ4v) is 6.12. The Labute approximate surface area is 361 Å². The van der Waals surface area contributed by atoms with Gasteiger partial charge in [-0.15, -0.1) is 15.3 Å². The number of anilines is 1. The van der Waals surface area contributed by atoms with E-state index in [1.165, 1.54) is 12.1 Å². The van der Waals surface area contributed by atoms with E-state index in [0.29, 0.717) is 12.1 Å². The Morgan fingerprint density at radius 2 is 1.10 bits per heavy atom. The van der Waals surface area contributed by atoms with Crippen molar-refractivity contribution in [1.82, 2.24) is 0 Å². The van der Waals surface area contributed by atoms with Crippen LogP contribution in [0.3, 0.4) is 0 Å². The number of benzene rings is 4. The number of nitrogen functional groups attached to an aromatic ring is 1. The first-order valence-corrected chi connectivity index (χ1v) is 16.8. The summed E-state index contributed by atoms with van der Waals surface area (Å²) in [7, 11) is -20.7. The Morgan fingerprint density at radius 3 is 1.60 bits per heavy atom. The van der Waals surface area contributed by atoms with E-state index in [-0.39, 0.29) is 124 Å². The summed E-state index contributed by atoms with van der Waals surface area (Å²) >= 11 is 0. The molecule has 0 unspecified atom stereocenters. The van der Waals surface area contributed by atoms with Crippen LogP contribution in [0.2, 0.25) is 0 Å². The summed E-state index contributed by atoms with van der Waals surface area (Å²) in [5, 5.41) is 26.3. The summed E-state index contributed by atoms with van der Waals surface area (Å²) in [6, 6.07) is 8.99. The second-order valence-electron chi connectivity index (χ2n) is 8.49. The number of fused-ring (bicyclic) bond motifs is 1. The quantitative estimate of drug-likeness (QED) is 0.0727. The molecule has 48 heavy (non-hydrogen) atoms. The Kier molecular flexibility index (Phi) is 17.7. The molecule has 0 aliphatic carbocycles. The SMILES string of the molecule is Nc1c(N=Nc2ccc(S(=O)(=O)[O-])cc2)c(S(=O)(=O)[O-])cc2cc(S(=O)(=O)O)c(N=Nc3ccccc3S(=O)(=O)[O-])c([O-])c12.[Na+].[Na+].[Na+].[Na+]. The van der Waals surface area contributed by atoms with Crippen LogP contribution in [0.15, 0.2) is 101 Å². The molecule has 3 N–H and O–H groups in total. The van der Waals surface area contributed by atoms with Gasteiger partial charge in [0, 0.05) is 5.39 Å². The van der Waals surface area contributed by atoms with Gasteiger partial charge < -0.3 is 24.5 Å². The minimum Gasteiger partial charge on any atom is -0.870 e. The van der Waals surface area contributed by atoms with Gasteiger partial charge in [-0.25, -0.2) is 25.3 Å². The van der Waals surface area contributed by atoms with Crippen LogP contribution in [0.4, 0.5) is 28.4 Å². The van der Waals surface area contributed by atoms with Crippen LogP contribution in [0.5, 0.6) is 5.75 Å². The first-order chi connectivity index (χ1) is 20.2. The topological polar surface area (TPSA) is 324 Å². The van der Waals surface area contributed by atoms with Crippen LogP contribution in [0.1, 0.15) is 0 Å². The van der Waals surface area contributed by atoms with Gasteiger partial charge in [0.25, 0.3) is 10.1 Å². The van der Waals surface area contributed by atoms with Crippen molar-refractivity contribution in [3.63, 3.8) is 0 Å². The molecule has 0 radical (unpaired) electrons. The standard InChI is InChI=1S/C22H17N5O13S4.4Na/c23-19-18-11(9-16(43(35,36)37)20(19)26-24-12-5-7-13(8-6-12)41(29,30)31)10-17(44(38,39)40)21(22(18)28)27-25-14-3-1-2-4-15(14)42(32,33)34;;;;/h1-10,28H,23H2,(H,29,30,31)(H,32,33,34)(H,35,36,37)(H,38,39,40);;;;/q;4*+1/p-4. The molecule has 0 heterocycles. The molecule has 0 fully saturated rings. The zero-order valence-electron chi connectivity index (χ0n) is 25.1. The smallest absolute Gasteiger partial charge is 0.870 e. The van der Waals surface area contributed by atoms with Gasteiger partial charge in [0.05, 0.1) is 31.7 Å². The minimum absolute atomic E-state index is 0. The molecular weight excluding hydrogens is 762 g/mol. The van der Waals surface area contributed by atoms with Crippen molar-refractivity contribution >= 4 is 79.7 Å². The third-order valence-corrected chi connectivity index (χ3v) is 9.08. The molecule has 232 valence electrons. The van der Waals surface area contributed by atoms with E-state index in [1.54, 1.807) is 0 Å². The van der Waals surface area contributed by atoms with Crippen molar-refractivity contribution in [3.8, 4) is 5.75 Å². The Bertz CT molecular complexity index is 2360. The average molecular weight is 776 g/mol. The van der Waals surface area contributed by atoms with Crippen molar-refractivity contribution in [2.45, 2.75) is 19.6 Å². The zero-order chi connectivity index (χ0) is 32.8. The monoisotopic (exact) mass is 775 g/mol. The zero-order valence-corrected chi connectivity index (χ0v) is 36.4. The third kappa shape index (κ3) is 11.0. The molecule has 0 saturated carbocycles. The summed E-state index contributed by atoms with van der Waals surface area (Å²) in [6.45, 7) is 0. The van der Waals surface area contributed by atoms with Crippen LogP contribution >= 0.6 is 0 Å². The van der Waals surface area contributed by atoms with Gasteiger partial charge in [0.1, 0.15) is 46.6 Å². The van der Waals surface area contributed by atoms with Gasteiger partial charge in [-0.1, -0.05) is 17.9 Å². The molecule has 0 atom stereocenters. The summed E-state index contributed by atoms with van der Waals surface area (Å²) < 4.78 is 138. The molecule has 4 aromatic rings. The molecule has 26 heteroatoms. The fourth-order valence-electron chi connectivity index (χ4n) is 3.72. The summed E-state index contributed by atoms with van der Waals surface area (Å²) in [5.41, 5.74) is 2.31. The van der Waals surface area contributed by atoms with E-state index in [2.05, 4.69) is 20.5 Å². The van der Waals surface area contributed by atoms with Crippen molar-refractivity contribution in [1.29, 1.82) is 0 Å². The molecule has 18 nitrogen and oxygen atoms in total. The van der Waals surface area contributed by atoms with Gasteiger partial charge >= 0.3 is 118 Å². The molecule has 0 bridgehead atoms. The fraction of sp³-hybridized carbons (Fsp3) is 0. The largest absolute Gasteiger partial charge is 1.00 e. The third-order valence-electron chi connectivity index (χ3n) is 5.63. The summed E-state index contributed by atoms with van der Waals surface area (Å²) in [6.07, 6.45) is 0. The second kappa shape index (κ2) is 17.9. The van der Waals surface area contributed by atoms with Crippen molar-refractivity contribution in [2.24, 2.45) is 20.5 Å². The van der Waals surface area contributed by atoms with Gasteiger partial charge in [0.2, 0.25) is 0 Å². The minimum atomic E-state index is -5.46. The van der Waals surface area contributed by atoms with Crippen LogP contribution in [0, 0.1) is 0 Å². The number of hydrogen-bond donors (Lipinski definition) is 2. The van der Waals surface area contributed by atoms with Gasteiger partial charge in [-0.05, 0) is 53.9 Å². The van der Waals surface area contributed by atoms with Crippen molar-refractivity contribution in [2.75, 3.05) is 5.73 Å². The van der Waals surface area contributed by atoms with E-state index < -0.39 is 99.3 Å². The number of hydrogen-bond acceptors (Lipinski definition) is 17. The number of rotatable bonds is 8. The molecule has 0 aliphatic heterocycles. The first-order valence-electron chi connectivity index (χ1n) is 11.2. The van der Waals surface area contributed by atoms with Crippen LogP contribution in [-0.2, 0) is 40.5 Å². The molecule has 0 amide bonds. The Hall–Kier alpha value is -0.420. The molecular formula is C22H13N5Na4O13S4. The summed E-state index contributed by atoms with van der Waals surface area (Å²) in [4.78, 5) is -3.96. The summed E-state index contributed by atoms with van der Waals surface area (Å²) in [5.74, 6) is -1.42. The molecule has 4 rings (SSSR count). The van der Waals surface area contributed by atoms with E-state index in [4.69, 9.17) is 5.73 Å². The predicted molar refractivity (Wildman–Crippen MR) is 143 cm³/mol. The van der Waals surface area contributed by atoms with Crippen LogP contribution in [0.25, 0.3) is 10.8 Å². The normalized spacial score (nSPS) is 12.2. The second-order valence-corrected chi connectivity index (χ2v) is 14.0. The number of nitrogens with zero attached hydrogens (tertiary/aromatic N) is 4. The van der Waals surface area contributed by atoms with Gasteiger partial charge in [0.15, 0.2) is 0 Å². The predicted octanol–water partition coefficient (Wildman–Crippen LogP) is -9.70. The molecule has 0 spiro atoms. The van der Waals surface area contributed by atoms with E-state index in [9.17, 15) is 57.0 Å². The average Bonchev–Trinajstić information content (AvgIpc) is 2.90. The van der Waals surface area contributed by atoms with E-state index in [1.807, 2.05) is 0 Å². The van der Waals surface area contributed by atoms with Gasteiger partial charge in [-0.3, -0.25) is 4.55 Å². The molecule has 4 aromatic carbocycles. The molecule has 0 saturated heterocycles. The van der Waals surface area contributed by atoms with E-state index in [0.717, 1.165) is 36.4 Å². The molecule has 0 aliphatic rings. The first kappa shape index (κ1) is 47.6. The van der Waals surface area contributed by atoms with Gasteiger partial charge in [-0.2, -0.15) is 13.5 Å².